The number of nitrogens with zero attached hydrogens (tertiary/aromatic N) is 1. The van der Waals surface area contributed by atoms with Gasteiger partial charge in [-0.15, -0.1) is 0 Å². The third-order valence-corrected chi connectivity index (χ3v) is 11.7. The fraction of sp³-hybridized carbons (Fsp3) is 0.688. The Morgan fingerprint density at radius 2 is 1.80 bits per heavy atom. The normalized spacial score (nSPS) is 42.5. The molecule has 8 nitrogen and oxygen atoms in total. The zero-order valence-electron chi connectivity index (χ0n) is 23.9. The van der Waals surface area contributed by atoms with E-state index in [0.29, 0.717) is 63.2 Å². The number of aliphatic imine (C=N–C) groups is 1. The Hall–Kier alpha value is -2.42. The van der Waals surface area contributed by atoms with Crippen LogP contribution in [0.25, 0.3) is 0 Å². The highest BCUT2D eigenvalue weighted by Gasteiger charge is 2.71. The van der Waals surface area contributed by atoms with Crippen molar-refractivity contribution < 1.29 is 34.3 Å². The molecule has 0 unspecified atom stereocenters. The molecule has 0 amide bonds. The van der Waals surface area contributed by atoms with Gasteiger partial charge in [0.2, 0.25) is 0 Å². The summed E-state index contributed by atoms with van der Waals surface area (Å²) < 4.78 is 16.1. The molecule has 1 aliphatic heterocycles. The van der Waals surface area contributed by atoms with Crippen LogP contribution in [0.4, 0.5) is 0 Å². The van der Waals surface area contributed by atoms with E-state index in [0.717, 1.165) is 30.4 Å². The molecule has 0 saturated heterocycles. The molecule has 40 heavy (non-hydrogen) atoms. The molecular weight excluding hydrogens is 510 g/mol. The molecule has 0 aromatic heterocycles. The van der Waals surface area contributed by atoms with Crippen molar-refractivity contribution in [3.63, 3.8) is 0 Å². The van der Waals surface area contributed by atoms with Gasteiger partial charge < -0.3 is 29.5 Å². The summed E-state index contributed by atoms with van der Waals surface area (Å²) in [6.07, 6.45) is 9.12. The number of hydrogen-bond donors (Lipinski definition) is 3. The van der Waals surface area contributed by atoms with Crippen molar-refractivity contribution in [2.75, 3.05) is 20.8 Å². The minimum Gasteiger partial charge on any atom is -0.493 e. The predicted molar refractivity (Wildman–Crippen MR) is 149 cm³/mol. The van der Waals surface area contributed by atoms with E-state index >= 15 is 0 Å². The van der Waals surface area contributed by atoms with E-state index in [1.165, 1.54) is 0 Å². The molecule has 3 N–H and O–H groups in total. The van der Waals surface area contributed by atoms with Crippen LogP contribution < -0.4 is 9.47 Å². The predicted octanol–water partition coefficient (Wildman–Crippen LogP) is 3.99. The summed E-state index contributed by atoms with van der Waals surface area (Å²) in [4.78, 5) is 16.8. The molecular formula is C32H43NO7. The third-order valence-electron chi connectivity index (χ3n) is 11.7. The van der Waals surface area contributed by atoms with Crippen LogP contribution in [-0.2, 0) is 16.1 Å². The van der Waals surface area contributed by atoms with Crippen molar-refractivity contribution >= 4 is 12.2 Å². The quantitative estimate of drug-likeness (QED) is 0.360. The van der Waals surface area contributed by atoms with Crippen molar-refractivity contribution in [2.24, 2.45) is 33.6 Å². The summed E-state index contributed by atoms with van der Waals surface area (Å²) in [6.45, 7) is 2.96. The van der Waals surface area contributed by atoms with Gasteiger partial charge in [0.15, 0.2) is 11.5 Å². The highest BCUT2D eigenvalue weighted by atomic mass is 16.5. The van der Waals surface area contributed by atoms with Gasteiger partial charge in [-0.25, -0.2) is 4.79 Å². The number of aliphatic hydroxyl groups excluding tert-OH is 1. The minimum absolute atomic E-state index is 0.0120. The van der Waals surface area contributed by atoms with Crippen LogP contribution in [0.3, 0.4) is 0 Å². The summed E-state index contributed by atoms with van der Waals surface area (Å²) in [5.41, 5.74) is -0.937. The lowest BCUT2D eigenvalue weighted by molar-refractivity contribution is -0.237. The van der Waals surface area contributed by atoms with Crippen molar-refractivity contribution in [3.8, 4) is 11.5 Å². The molecule has 8 atom stereocenters. The largest absolute Gasteiger partial charge is 0.493 e. The zero-order chi connectivity index (χ0) is 28.3. The summed E-state index contributed by atoms with van der Waals surface area (Å²) >= 11 is 0. The monoisotopic (exact) mass is 553 g/mol. The number of ether oxygens (including phenoxy) is 3. The second-order valence-corrected chi connectivity index (χ2v) is 13.2. The lowest BCUT2D eigenvalue weighted by atomic mass is 9.41. The van der Waals surface area contributed by atoms with Crippen molar-refractivity contribution in [2.45, 2.75) is 88.6 Å². The Balaban J connectivity index is 1.33. The molecule has 6 rings (SSSR count). The van der Waals surface area contributed by atoms with Crippen LogP contribution in [0.1, 0.15) is 70.3 Å². The standard InChI is InChI=1S/C32H43NO7/c1-29-10-7-24-25(32(29,37)13-9-23(29)21-15-28(35)40-18-21)8-12-31(36)16-22(34)6-11-30(24,31)19-33-17-20-4-5-26(38-2)27(14-20)39-3/h4-5,14-15,19,22-25,34,36-37H,6-13,16-18H2,1-3H3/t22-,23-,24-,25+,29+,30-,31+,32-/m0/s1. The van der Waals surface area contributed by atoms with Gasteiger partial charge in [0.1, 0.15) is 6.61 Å². The van der Waals surface area contributed by atoms with Crippen molar-refractivity contribution in [1.82, 2.24) is 0 Å². The number of fused-ring (bicyclic) bond motifs is 5. The molecule has 0 radical (unpaired) electrons. The fourth-order valence-corrected chi connectivity index (χ4v) is 9.65. The molecule has 4 saturated carbocycles. The Labute approximate surface area is 236 Å². The van der Waals surface area contributed by atoms with Gasteiger partial charge in [-0.3, -0.25) is 4.99 Å². The lowest BCUT2D eigenvalue weighted by Gasteiger charge is -2.65. The summed E-state index contributed by atoms with van der Waals surface area (Å²) in [5.74, 6) is 1.22. The average molecular weight is 554 g/mol. The Morgan fingerprint density at radius 3 is 2.52 bits per heavy atom. The smallest absolute Gasteiger partial charge is 0.331 e. The minimum atomic E-state index is -1.07. The van der Waals surface area contributed by atoms with Crippen LogP contribution in [0.15, 0.2) is 34.8 Å². The van der Waals surface area contributed by atoms with E-state index in [-0.39, 0.29) is 29.1 Å². The maximum absolute atomic E-state index is 12.6. The second kappa shape index (κ2) is 9.85. The average Bonchev–Trinajstić information content (AvgIpc) is 3.48. The van der Waals surface area contributed by atoms with Gasteiger partial charge in [0, 0.05) is 29.5 Å². The Kier molecular flexibility index (Phi) is 6.83. The Bertz CT molecular complexity index is 1230. The summed E-state index contributed by atoms with van der Waals surface area (Å²) in [6, 6.07) is 5.77. The van der Waals surface area contributed by atoms with Crippen LogP contribution in [0.2, 0.25) is 0 Å². The van der Waals surface area contributed by atoms with Gasteiger partial charge in [-0.2, -0.15) is 0 Å². The first-order valence-corrected chi connectivity index (χ1v) is 14.8. The molecule has 218 valence electrons. The van der Waals surface area contributed by atoms with Crippen LogP contribution in [0, 0.1) is 28.6 Å². The number of esters is 1. The van der Waals surface area contributed by atoms with Crippen LogP contribution >= 0.6 is 0 Å². The summed E-state index contributed by atoms with van der Waals surface area (Å²) in [5, 5.41) is 35.4. The lowest BCUT2D eigenvalue weighted by Crippen LogP contribution is -2.68. The molecule has 4 aliphatic carbocycles. The number of cyclic esters (lactones) is 1. The maximum Gasteiger partial charge on any atom is 0.331 e. The first-order chi connectivity index (χ1) is 19.1. The van der Waals surface area contributed by atoms with Crippen molar-refractivity contribution in [3.05, 3.63) is 35.4 Å². The first kappa shape index (κ1) is 27.7. The van der Waals surface area contributed by atoms with Crippen LogP contribution in [-0.4, -0.2) is 65.6 Å². The number of methoxy groups -OCH3 is 2. The highest BCUT2D eigenvalue weighted by Crippen LogP contribution is 2.70. The van der Waals surface area contributed by atoms with Gasteiger partial charge >= 0.3 is 5.97 Å². The number of benzene rings is 1. The van der Waals surface area contributed by atoms with E-state index in [1.807, 2.05) is 24.4 Å². The fourth-order valence-electron chi connectivity index (χ4n) is 9.65. The number of rotatable bonds is 6. The molecule has 0 bridgehead atoms. The van der Waals surface area contributed by atoms with E-state index in [2.05, 4.69) is 6.92 Å². The van der Waals surface area contributed by atoms with E-state index in [4.69, 9.17) is 19.2 Å². The van der Waals surface area contributed by atoms with E-state index in [1.54, 1.807) is 20.3 Å². The zero-order valence-corrected chi connectivity index (χ0v) is 23.9. The van der Waals surface area contributed by atoms with E-state index < -0.39 is 22.7 Å². The SMILES string of the molecule is COc1ccc(CN=C[C@]23CC[C@H](O)C[C@]2(O)CC[C@@H]2[C@@H]3CC[C@]3(C)[C@H](C4=CC(=O)OC4)CC[C@]23O)cc1OC. The van der Waals surface area contributed by atoms with E-state index in [9.17, 15) is 20.1 Å². The molecule has 1 aromatic rings. The van der Waals surface area contributed by atoms with Gasteiger partial charge in [-0.1, -0.05) is 13.0 Å². The molecule has 0 spiro atoms. The molecule has 1 heterocycles. The molecule has 4 fully saturated rings. The second-order valence-electron chi connectivity index (χ2n) is 13.2. The highest BCUT2D eigenvalue weighted by molar-refractivity contribution is 5.85. The number of carbonyl (C=O) groups excluding carboxylic acids is 1. The van der Waals surface area contributed by atoms with Crippen molar-refractivity contribution in [1.29, 1.82) is 0 Å². The topological polar surface area (TPSA) is 118 Å². The number of hydrogen-bond acceptors (Lipinski definition) is 8. The molecule has 5 aliphatic rings. The van der Waals surface area contributed by atoms with Crippen LogP contribution in [0.5, 0.6) is 11.5 Å². The molecule has 8 heteroatoms. The van der Waals surface area contributed by atoms with Gasteiger partial charge in [0.05, 0.1) is 38.1 Å². The van der Waals surface area contributed by atoms with Gasteiger partial charge in [-0.05, 0) is 92.4 Å². The first-order valence-electron chi connectivity index (χ1n) is 14.8. The Morgan fingerprint density at radius 1 is 1.02 bits per heavy atom. The number of carbonyl (C=O) groups is 1. The van der Waals surface area contributed by atoms with Gasteiger partial charge in [0.25, 0.3) is 0 Å². The maximum atomic E-state index is 12.6. The third kappa shape index (κ3) is 3.97. The molecule has 1 aromatic carbocycles. The number of aliphatic hydroxyl groups is 3. The summed E-state index contributed by atoms with van der Waals surface area (Å²) in [7, 11) is 3.23.